The molecule has 150 valence electrons. The zero-order chi connectivity index (χ0) is 21.1. The van der Waals surface area contributed by atoms with Crippen molar-refractivity contribution < 1.29 is 9.53 Å². The van der Waals surface area contributed by atoms with Gasteiger partial charge in [0.05, 0.1) is 23.9 Å². The third-order valence-electron chi connectivity index (χ3n) is 4.88. The monoisotopic (exact) mass is 411 g/mol. The summed E-state index contributed by atoms with van der Waals surface area (Å²) in [6, 6.07) is 15.7. The maximum atomic E-state index is 13.1. The molecule has 7 heteroatoms. The van der Waals surface area contributed by atoms with E-state index in [1.165, 1.54) is 15.6 Å². The van der Waals surface area contributed by atoms with Gasteiger partial charge in [0.1, 0.15) is 5.75 Å². The van der Waals surface area contributed by atoms with Gasteiger partial charge in [-0.15, -0.1) is 0 Å². The van der Waals surface area contributed by atoms with Crippen LogP contribution in [-0.4, -0.2) is 34.7 Å². The summed E-state index contributed by atoms with van der Waals surface area (Å²) in [5.74, 6) is 0.194. The Labute approximate surface area is 174 Å². The van der Waals surface area contributed by atoms with E-state index in [0.717, 1.165) is 5.56 Å². The highest BCUT2D eigenvalue weighted by Gasteiger charge is 2.25. The fourth-order valence-corrected chi connectivity index (χ4v) is 3.34. The lowest BCUT2D eigenvalue weighted by atomic mass is 10.1. The highest BCUT2D eigenvalue weighted by Crippen LogP contribution is 2.28. The largest absolute Gasteiger partial charge is 0.496 e. The average Bonchev–Trinajstić information content (AvgIpc) is 2.73. The molecule has 0 fully saturated rings. The Bertz CT molecular complexity index is 1110. The normalized spacial score (nSPS) is 11.8. The van der Waals surface area contributed by atoms with Crippen LogP contribution in [0.15, 0.2) is 59.4 Å². The second kappa shape index (κ2) is 8.49. The summed E-state index contributed by atoms with van der Waals surface area (Å²) in [6.45, 7) is 3.61. The van der Waals surface area contributed by atoms with Crippen molar-refractivity contribution in [1.29, 1.82) is 0 Å². The molecule has 0 N–H and O–H groups in total. The molecule has 1 heterocycles. The summed E-state index contributed by atoms with van der Waals surface area (Å²) in [5.41, 5.74) is 1.42. The predicted octanol–water partition coefficient (Wildman–Crippen LogP) is 4.04. The molecule has 0 saturated carbocycles. The van der Waals surface area contributed by atoms with E-state index in [9.17, 15) is 9.59 Å². The number of methoxy groups -OCH3 is 1. The van der Waals surface area contributed by atoms with Gasteiger partial charge in [0.15, 0.2) is 5.69 Å². The standard InChI is InChI=1S/C22H22ClN3O3/c1-14-13-19(27)21(24-26(14)18-11-7-6-10-17(18)23)22(28)25(3)15(2)16-9-5-8-12-20(16)29-4/h5-13,15H,1-4H3/t15-/m0/s1. The highest BCUT2D eigenvalue weighted by molar-refractivity contribution is 6.32. The second-order valence-electron chi connectivity index (χ2n) is 6.70. The fourth-order valence-electron chi connectivity index (χ4n) is 3.13. The molecule has 0 aliphatic rings. The Hall–Kier alpha value is -3.12. The van der Waals surface area contributed by atoms with Crippen LogP contribution in [0.2, 0.25) is 5.02 Å². The molecule has 0 aliphatic carbocycles. The van der Waals surface area contributed by atoms with E-state index in [4.69, 9.17) is 16.3 Å². The minimum Gasteiger partial charge on any atom is -0.496 e. The maximum Gasteiger partial charge on any atom is 0.278 e. The van der Waals surface area contributed by atoms with Crippen LogP contribution >= 0.6 is 11.6 Å². The molecular weight excluding hydrogens is 390 g/mol. The molecule has 1 aromatic heterocycles. The van der Waals surface area contributed by atoms with Crippen molar-refractivity contribution in [1.82, 2.24) is 14.7 Å². The topological polar surface area (TPSA) is 64.4 Å². The first kappa shape index (κ1) is 20.6. The van der Waals surface area contributed by atoms with Crippen molar-refractivity contribution in [3.8, 4) is 11.4 Å². The molecule has 0 aliphatic heterocycles. The molecule has 0 saturated heterocycles. The summed E-state index contributed by atoms with van der Waals surface area (Å²) in [6.07, 6.45) is 0. The molecule has 0 unspecified atom stereocenters. The lowest BCUT2D eigenvalue weighted by Gasteiger charge is -2.26. The lowest BCUT2D eigenvalue weighted by Crippen LogP contribution is -2.35. The molecular formula is C22H22ClN3O3. The number of hydrogen-bond donors (Lipinski definition) is 0. The minimum atomic E-state index is -0.478. The summed E-state index contributed by atoms with van der Waals surface area (Å²) >= 11 is 6.28. The Kier molecular flexibility index (Phi) is 6.03. The SMILES string of the molecule is COc1ccccc1[C@H](C)N(C)C(=O)c1nn(-c2ccccc2Cl)c(C)cc1=O. The molecule has 1 amide bonds. The van der Waals surface area contributed by atoms with Gasteiger partial charge < -0.3 is 9.64 Å². The fraction of sp³-hybridized carbons (Fsp3) is 0.227. The highest BCUT2D eigenvalue weighted by atomic mass is 35.5. The summed E-state index contributed by atoms with van der Waals surface area (Å²) in [4.78, 5) is 27.2. The third kappa shape index (κ3) is 4.03. The lowest BCUT2D eigenvalue weighted by molar-refractivity contribution is 0.0731. The average molecular weight is 412 g/mol. The maximum absolute atomic E-state index is 13.1. The first-order valence-corrected chi connectivity index (χ1v) is 9.49. The number of carbonyl (C=O) groups is 1. The first-order valence-electron chi connectivity index (χ1n) is 9.11. The van der Waals surface area contributed by atoms with Gasteiger partial charge in [0.2, 0.25) is 5.43 Å². The van der Waals surface area contributed by atoms with E-state index >= 15 is 0 Å². The molecule has 29 heavy (non-hydrogen) atoms. The van der Waals surface area contributed by atoms with E-state index in [-0.39, 0.29) is 11.7 Å². The summed E-state index contributed by atoms with van der Waals surface area (Å²) in [7, 11) is 3.22. The van der Waals surface area contributed by atoms with Gasteiger partial charge in [0.25, 0.3) is 5.91 Å². The van der Waals surface area contributed by atoms with Gasteiger partial charge in [-0.05, 0) is 32.0 Å². The van der Waals surface area contributed by atoms with Crippen molar-refractivity contribution in [2.45, 2.75) is 19.9 Å². The number of rotatable bonds is 5. The molecule has 1 atom stereocenters. The van der Waals surface area contributed by atoms with Gasteiger partial charge in [-0.25, -0.2) is 4.68 Å². The quantitative estimate of drug-likeness (QED) is 0.635. The van der Waals surface area contributed by atoms with Crippen molar-refractivity contribution in [3.63, 3.8) is 0 Å². The van der Waals surface area contributed by atoms with Crippen LogP contribution in [0.5, 0.6) is 5.75 Å². The number of nitrogens with zero attached hydrogens (tertiary/aromatic N) is 3. The van der Waals surface area contributed by atoms with E-state index in [0.29, 0.717) is 22.2 Å². The number of ether oxygens (including phenoxy) is 1. The van der Waals surface area contributed by atoms with Crippen LogP contribution in [0.3, 0.4) is 0 Å². The van der Waals surface area contributed by atoms with Crippen molar-refractivity contribution in [2.24, 2.45) is 0 Å². The minimum absolute atomic E-state index is 0.167. The zero-order valence-electron chi connectivity index (χ0n) is 16.7. The van der Waals surface area contributed by atoms with Crippen LogP contribution in [0.25, 0.3) is 5.69 Å². The van der Waals surface area contributed by atoms with Gasteiger partial charge in [-0.2, -0.15) is 5.10 Å². The predicted molar refractivity (Wildman–Crippen MR) is 113 cm³/mol. The number of aryl methyl sites for hydroxylation is 1. The number of carbonyl (C=O) groups excluding carboxylic acids is 1. The summed E-state index contributed by atoms with van der Waals surface area (Å²) < 4.78 is 6.91. The van der Waals surface area contributed by atoms with E-state index in [1.54, 1.807) is 39.3 Å². The Morgan fingerprint density at radius 1 is 1.17 bits per heavy atom. The van der Waals surface area contributed by atoms with E-state index in [1.807, 2.05) is 37.3 Å². The zero-order valence-corrected chi connectivity index (χ0v) is 17.5. The number of aromatic nitrogens is 2. The van der Waals surface area contributed by atoms with Gasteiger partial charge >= 0.3 is 0 Å². The number of benzene rings is 2. The number of amides is 1. The third-order valence-corrected chi connectivity index (χ3v) is 5.20. The first-order chi connectivity index (χ1) is 13.8. The van der Waals surface area contributed by atoms with Crippen molar-refractivity contribution in [2.75, 3.05) is 14.2 Å². The van der Waals surface area contributed by atoms with Gasteiger partial charge in [-0.3, -0.25) is 9.59 Å². The van der Waals surface area contributed by atoms with Crippen LogP contribution in [0.1, 0.15) is 34.7 Å². The molecule has 0 spiro atoms. The summed E-state index contributed by atoms with van der Waals surface area (Å²) in [5, 5.41) is 4.81. The van der Waals surface area contributed by atoms with Crippen LogP contribution < -0.4 is 10.2 Å². The van der Waals surface area contributed by atoms with Gasteiger partial charge in [0, 0.05) is 24.4 Å². The number of halogens is 1. The van der Waals surface area contributed by atoms with Crippen molar-refractivity contribution >= 4 is 17.5 Å². The molecule has 2 aromatic carbocycles. The number of para-hydroxylation sites is 2. The Balaban J connectivity index is 2.02. The van der Waals surface area contributed by atoms with Gasteiger partial charge in [-0.1, -0.05) is 41.9 Å². The van der Waals surface area contributed by atoms with E-state index < -0.39 is 11.3 Å². The molecule has 3 rings (SSSR count). The molecule has 3 aromatic rings. The van der Waals surface area contributed by atoms with Crippen molar-refractivity contribution in [3.05, 3.63) is 86.8 Å². The molecule has 0 bridgehead atoms. The molecule has 0 radical (unpaired) electrons. The van der Waals surface area contributed by atoms with Crippen LogP contribution in [0, 0.1) is 6.92 Å². The van der Waals surface area contributed by atoms with E-state index in [2.05, 4.69) is 5.10 Å². The molecule has 6 nitrogen and oxygen atoms in total. The van der Waals surface area contributed by atoms with Crippen LogP contribution in [0.4, 0.5) is 0 Å². The second-order valence-corrected chi connectivity index (χ2v) is 7.10. The Morgan fingerprint density at radius 2 is 1.83 bits per heavy atom. The number of hydrogen-bond acceptors (Lipinski definition) is 4. The smallest absolute Gasteiger partial charge is 0.278 e. The Morgan fingerprint density at radius 3 is 2.52 bits per heavy atom. The van der Waals surface area contributed by atoms with Crippen LogP contribution in [-0.2, 0) is 0 Å².